The number of aromatic nitrogens is 2. The Kier molecular flexibility index (Phi) is 7.14. The number of carbonyl (C=O) groups is 1. The standard InChI is InChI=1S/C24H23ClN6O3/c1-15(32)28-19-7-3-4-8-20(19)29-23-18(25)14-27-24(31-23)30-21-10-9-16(12-22(21)33-2)26-13-17-6-5-11-34-17/h3-12,14,26H,13H2,1-2H3,(H,28,32)(H2,27,29,30,31). The van der Waals surface area contributed by atoms with E-state index in [2.05, 4.69) is 31.2 Å². The first-order valence-electron chi connectivity index (χ1n) is 10.4. The van der Waals surface area contributed by atoms with Crippen LogP contribution in [0.15, 0.2) is 71.5 Å². The molecule has 34 heavy (non-hydrogen) atoms. The number of ether oxygens (including phenoxy) is 1. The third-order valence-corrected chi connectivity index (χ3v) is 5.01. The number of methoxy groups -OCH3 is 1. The van der Waals surface area contributed by atoms with Gasteiger partial charge < -0.3 is 30.4 Å². The van der Waals surface area contributed by atoms with Crippen molar-refractivity contribution in [1.82, 2.24) is 9.97 Å². The molecule has 2 aromatic heterocycles. The fraction of sp³-hybridized carbons (Fsp3) is 0.125. The van der Waals surface area contributed by atoms with Crippen molar-refractivity contribution < 1.29 is 13.9 Å². The van der Waals surface area contributed by atoms with Crippen LogP contribution < -0.4 is 26.0 Å². The summed E-state index contributed by atoms with van der Waals surface area (Å²) in [5, 5.41) is 12.7. The molecule has 0 aliphatic heterocycles. The predicted octanol–water partition coefficient (Wildman–Crippen LogP) is 5.79. The monoisotopic (exact) mass is 478 g/mol. The van der Waals surface area contributed by atoms with Crippen molar-refractivity contribution in [3.05, 3.63) is 77.8 Å². The summed E-state index contributed by atoms with van der Waals surface area (Å²) in [5.74, 6) is 1.95. The molecule has 10 heteroatoms. The fourth-order valence-corrected chi connectivity index (χ4v) is 3.30. The van der Waals surface area contributed by atoms with Crippen molar-refractivity contribution in [3.63, 3.8) is 0 Å². The zero-order valence-electron chi connectivity index (χ0n) is 18.6. The molecular formula is C24H23ClN6O3. The quantitative estimate of drug-likeness (QED) is 0.239. The molecule has 2 heterocycles. The van der Waals surface area contributed by atoms with Crippen molar-refractivity contribution in [1.29, 1.82) is 0 Å². The number of amides is 1. The van der Waals surface area contributed by atoms with Crippen LogP contribution in [0.3, 0.4) is 0 Å². The number of para-hydroxylation sites is 2. The van der Waals surface area contributed by atoms with Crippen molar-refractivity contribution in [2.75, 3.05) is 28.4 Å². The Labute approximate surface area is 201 Å². The van der Waals surface area contributed by atoms with Crippen LogP contribution in [0, 0.1) is 0 Å². The summed E-state index contributed by atoms with van der Waals surface area (Å²) >= 11 is 6.32. The number of hydrogen-bond donors (Lipinski definition) is 4. The number of halogens is 1. The van der Waals surface area contributed by atoms with Crippen LogP contribution in [0.5, 0.6) is 5.75 Å². The van der Waals surface area contributed by atoms with Gasteiger partial charge in [-0.05, 0) is 36.4 Å². The third-order valence-electron chi connectivity index (χ3n) is 4.73. The largest absolute Gasteiger partial charge is 0.494 e. The second kappa shape index (κ2) is 10.6. The van der Waals surface area contributed by atoms with Gasteiger partial charge in [-0.1, -0.05) is 23.7 Å². The van der Waals surface area contributed by atoms with Gasteiger partial charge in [0, 0.05) is 18.7 Å². The van der Waals surface area contributed by atoms with Crippen LogP contribution >= 0.6 is 11.6 Å². The first-order chi connectivity index (χ1) is 16.5. The van der Waals surface area contributed by atoms with E-state index in [1.807, 2.05) is 48.5 Å². The Balaban J connectivity index is 1.51. The molecule has 1 amide bonds. The van der Waals surface area contributed by atoms with E-state index in [-0.39, 0.29) is 5.91 Å². The van der Waals surface area contributed by atoms with Gasteiger partial charge in [-0.25, -0.2) is 4.98 Å². The lowest BCUT2D eigenvalue weighted by atomic mass is 10.2. The van der Waals surface area contributed by atoms with Gasteiger partial charge in [0.25, 0.3) is 0 Å². The second-order valence-corrected chi connectivity index (χ2v) is 7.62. The highest BCUT2D eigenvalue weighted by Gasteiger charge is 2.12. The lowest BCUT2D eigenvalue weighted by Gasteiger charge is -2.15. The van der Waals surface area contributed by atoms with E-state index in [1.54, 1.807) is 19.4 Å². The maximum absolute atomic E-state index is 11.5. The topological polar surface area (TPSA) is 113 Å². The third kappa shape index (κ3) is 5.76. The van der Waals surface area contributed by atoms with Gasteiger partial charge in [0.15, 0.2) is 5.82 Å². The second-order valence-electron chi connectivity index (χ2n) is 7.21. The summed E-state index contributed by atoms with van der Waals surface area (Å²) in [6, 6.07) is 16.6. The summed E-state index contributed by atoms with van der Waals surface area (Å²) < 4.78 is 10.9. The van der Waals surface area contributed by atoms with Crippen molar-refractivity contribution in [2.45, 2.75) is 13.5 Å². The first-order valence-corrected chi connectivity index (χ1v) is 10.8. The number of benzene rings is 2. The van der Waals surface area contributed by atoms with Gasteiger partial charge in [0.2, 0.25) is 11.9 Å². The minimum absolute atomic E-state index is 0.181. The average Bonchev–Trinajstić information content (AvgIpc) is 3.35. The van der Waals surface area contributed by atoms with E-state index in [0.29, 0.717) is 46.1 Å². The summed E-state index contributed by atoms with van der Waals surface area (Å²) in [6.45, 7) is 2.00. The van der Waals surface area contributed by atoms with E-state index in [1.165, 1.54) is 13.1 Å². The fourth-order valence-electron chi connectivity index (χ4n) is 3.16. The molecule has 9 nitrogen and oxygen atoms in total. The maximum Gasteiger partial charge on any atom is 0.229 e. The zero-order valence-corrected chi connectivity index (χ0v) is 19.3. The van der Waals surface area contributed by atoms with E-state index >= 15 is 0 Å². The smallest absolute Gasteiger partial charge is 0.229 e. The minimum Gasteiger partial charge on any atom is -0.494 e. The Hall–Kier alpha value is -4.24. The Morgan fingerprint density at radius 2 is 1.88 bits per heavy atom. The summed E-state index contributed by atoms with van der Waals surface area (Å²) in [6.07, 6.45) is 3.13. The maximum atomic E-state index is 11.5. The summed E-state index contributed by atoms with van der Waals surface area (Å²) in [5.41, 5.74) is 2.80. The molecule has 0 bridgehead atoms. The lowest BCUT2D eigenvalue weighted by molar-refractivity contribution is -0.114. The molecule has 0 fully saturated rings. The number of rotatable bonds is 9. The molecule has 0 atom stereocenters. The number of carbonyl (C=O) groups excluding carboxylic acids is 1. The lowest BCUT2D eigenvalue weighted by Crippen LogP contribution is -2.08. The van der Waals surface area contributed by atoms with E-state index in [4.69, 9.17) is 20.8 Å². The molecule has 0 radical (unpaired) electrons. The SMILES string of the molecule is COc1cc(NCc2ccco2)ccc1Nc1ncc(Cl)c(Nc2ccccc2NC(C)=O)n1. The number of anilines is 6. The summed E-state index contributed by atoms with van der Waals surface area (Å²) in [4.78, 5) is 20.3. The normalized spacial score (nSPS) is 10.4. The first kappa shape index (κ1) is 22.9. The number of nitrogens with zero attached hydrogens (tertiary/aromatic N) is 2. The van der Waals surface area contributed by atoms with Crippen molar-refractivity contribution >= 4 is 52.0 Å². The Morgan fingerprint density at radius 1 is 1.06 bits per heavy atom. The van der Waals surface area contributed by atoms with Gasteiger partial charge in [-0.15, -0.1) is 0 Å². The highest BCUT2D eigenvalue weighted by Crippen LogP contribution is 2.32. The average molecular weight is 479 g/mol. The molecule has 174 valence electrons. The van der Waals surface area contributed by atoms with Gasteiger partial charge in [0.05, 0.1) is 43.2 Å². The number of furan rings is 1. The molecule has 2 aromatic carbocycles. The van der Waals surface area contributed by atoms with Gasteiger partial charge in [-0.2, -0.15) is 4.98 Å². The van der Waals surface area contributed by atoms with E-state index < -0.39 is 0 Å². The Morgan fingerprint density at radius 3 is 2.62 bits per heavy atom. The minimum atomic E-state index is -0.181. The molecule has 0 unspecified atom stereocenters. The van der Waals surface area contributed by atoms with Crippen LogP contribution in [0.1, 0.15) is 12.7 Å². The zero-order chi connectivity index (χ0) is 23.9. The van der Waals surface area contributed by atoms with Crippen LogP contribution in [0.4, 0.5) is 34.5 Å². The molecule has 0 aliphatic rings. The number of nitrogens with one attached hydrogen (secondary N) is 4. The molecular weight excluding hydrogens is 456 g/mol. The van der Waals surface area contributed by atoms with E-state index in [0.717, 1.165) is 11.4 Å². The highest BCUT2D eigenvalue weighted by atomic mass is 35.5. The van der Waals surface area contributed by atoms with Gasteiger partial charge in [0.1, 0.15) is 16.5 Å². The molecule has 0 aliphatic carbocycles. The van der Waals surface area contributed by atoms with Gasteiger partial charge in [-0.3, -0.25) is 4.79 Å². The van der Waals surface area contributed by atoms with Crippen molar-refractivity contribution in [2.24, 2.45) is 0 Å². The Bertz CT molecular complexity index is 1280. The van der Waals surface area contributed by atoms with Crippen molar-refractivity contribution in [3.8, 4) is 5.75 Å². The van der Waals surface area contributed by atoms with Gasteiger partial charge >= 0.3 is 0 Å². The molecule has 4 N–H and O–H groups in total. The van der Waals surface area contributed by atoms with Crippen LogP contribution in [-0.2, 0) is 11.3 Å². The molecule has 4 rings (SSSR count). The molecule has 0 saturated heterocycles. The summed E-state index contributed by atoms with van der Waals surface area (Å²) in [7, 11) is 1.59. The molecule has 0 spiro atoms. The molecule has 0 saturated carbocycles. The molecule has 4 aromatic rings. The predicted molar refractivity (Wildman–Crippen MR) is 133 cm³/mol. The van der Waals surface area contributed by atoms with Crippen LogP contribution in [0.2, 0.25) is 5.02 Å². The van der Waals surface area contributed by atoms with Crippen LogP contribution in [0.25, 0.3) is 0 Å². The van der Waals surface area contributed by atoms with Crippen LogP contribution in [-0.4, -0.2) is 23.0 Å². The highest BCUT2D eigenvalue weighted by molar-refractivity contribution is 6.33. The van der Waals surface area contributed by atoms with E-state index in [9.17, 15) is 4.79 Å². The number of hydrogen-bond acceptors (Lipinski definition) is 8.